The number of anilines is 1. The number of benzene rings is 2. The van der Waals surface area contributed by atoms with Crippen LogP contribution in [0.2, 0.25) is 5.02 Å². The van der Waals surface area contributed by atoms with Gasteiger partial charge in [0.1, 0.15) is 5.76 Å². The van der Waals surface area contributed by atoms with E-state index in [0.717, 1.165) is 35.7 Å². The average Bonchev–Trinajstić information content (AvgIpc) is 3.11. The third kappa shape index (κ3) is 4.66. The second-order valence-corrected chi connectivity index (χ2v) is 7.97. The molecule has 1 N–H and O–H groups in total. The zero-order valence-corrected chi connectivity index (χ0v) is 17.9. The van der Waals surface area contributed by atoms with E-state index in [-0.39, 0.29) is 6.03 Å². The van der Waals surface area contributed by atoms with Crippen molar-refractivity contribution in [2.45, 2.75) is 20.4 Å². The molecule has 1 fully saturated rings. The number of halogens is 1. The molecular formula is C23H25ClN4O2. The molecule has 1 aliphatic rings. The summed E-state index contributed by atoms with van der Waals surface area (Å²) in [4.78, 5) is 21.4. The van der Waals surface area contributed by atoms with Gasteiger partial charge in [-0.05, 0) is 43.7 Å². The molecule has 156 valence electrons. The van der Waals surface area contributed by atoms with Gasteiger partial charge in [-0.3, -0.25) is 4.90 Å². The second kappa shape index (κ2) is 8.90. The number of rotatable bonds is 4. The molecule has 0 saturated carbocycles. The lowest BCUT2D eigenvalue weighted by molar-refractivity contribution is 0.141. The molecule has 0 bridgehead atoms. The van der Waals surface area contributed by atoms with Gasteiger partial charge >= 0.3 is 6.03 Å². The van der Waals surface area contributed by atoms with E-state index < -0.39 is 0 Å². The van der Waals surface area contributed by atoms with Crippen molar-refractivity contribution in [1.29, 1.82) is 0 Å². The van der Waals surface area contributed by atoms with E-state index in [9.17, 15) is 4.79 Å². The molecule has 0 atom stereocenters. The minimum atomic E-state index is -0.121. The first kappa shape index (κ1) is 20.4. The molecule has 4 rings (SSSR count). The van der Waals surface area contributed by atoms with Gasteiger partial charge in [-0.25, -0.2) is 9.78 Å². The Bertz CT molecular complexity index is 1030. The molecule has 0 unspecified atom stereocenters. The Labute approximate surface area is 181 Å². The van der Waals surface area contributed by atoms with Crippen molar-refractivity contribution in [3.05, 3.63) is 70.6 Å². The molecule has 0 aliphatic carbocycles. The SMILES string of the molecule is Cc1ccc(NC(=O)N2CCN(Cc3nc(-c4ccccc4)oc3C)CC2)c(Cl)c1. The quantitative estimate of drug-likeness (QED) is 0.642. The predicted molar refractivity (Wildman–Crippen MR) is 119 cm³/mol. The molecule has 0 spiro atoms. The van der Waals surface area contributed by atoms with Crippen molar-refractivity contribution in [1.82, 2.24) is 14.8 Å². The highest BCUT2D eigenvalue weighted by molar-refractivity contribution is 6.33. The van der Waals surface area contributed by atoms with Gasteiger partial charge < -0.3 is 14.6 Å². The van der Waals surface area contributed by atoms with Crippen LogP contribution in [0.4, 0.5) is 10.5 Å². The van der Waals surface area contributed by atoms with E-state index in [4.69, 9.17) is 16.0 Å². The number of nitrogens with one attached hydrogen (secondary N) is 1. The fourth-order valence-corrected chi connectivity index (χ4v) is 3.80. The van der Waals surface area contributed by atoms with E-state index in [1.54, 1.807) is 0 Å². The summed E-state index contributed by atoms with van der Waals surface area (Å²) in [5.74, 6) is 1.49. The Hall–Kier alpha value is -2.83. The topological polar surface area (TPSA) is 61.6 Å². The lowest BCUT2D eigenvalue weighted by atomic mass is 10.2. The highest BCUT2D eigenvalue weighted by Gasteiger charge is 2.23. The molecule has 6 nitrogen and oxygen atoms in total. The smallest absolute Gasteiger partial charge is 0.321 e. The fraction of sp³-hybridized carbons (Fsp3) is 0.304. The lowest BCUT2D eigenvalue weighted by Gasteiger charge is -2.34. The fourth-order valence-electron chi connectivity index (χ4n) is 3.52. The highest BCUT2D eigenvalue weighted by atomic mass is 35.5. The van der Waals surface area contributed by atoms with Gasteiger partial charge in [0, 0.05) is 38.3 Å². The molecule has 0 radical (unpaired) electrons. The predicted octanol–water partition coefficient (Wildman–Crippen LogP) is 4.96. The third-order valence-corrected chi connectivity index (χ3v) is 5.63. The number of hydrogen-bond acceptors (Lipinski definition) is 4. The molecule has 30 heavy (non-hydrogen) atoms. The Morgan fingerprint density at radius 2 is 1.83 bits per heavy atom. The van der Waals surface area contributed by atoms with Gasteiger partial charge in [-0.2, -0.15) is 0 Å². The lowest BCUT2D eigenvalue weighted by Crippen LogP contribution is -2.49. The van der Waals surface area contributed by atoms with Gasteiger partial charge in [0.15, 0.2) is 0 Å². The zero-order valence-electron chi connectivity index (χ0n) is 17.2. The van der Waals surface area contributed by atoms with E-state index in [1.807, 2.05) is 67.3 Å². The monoisotopic (exact) mass is 424 g/mol. The number of carbonyl (C=O) groups excluding carboxylic acids is 1. The number of aromatic nitrogens is 1. The number of hydrogen-bond donors (Lipinski definition) is 1. The Kier molecular flexibility index (Phi) is 6.06. The van der Waals surface area contributed by atoms with Crippen LogP contribution in [0.5, 0.6) is 0 Å². The van der Waals surface area contributed by atoms with E-state index in [0.29, 0.717) is 36.2 Å². The van der Waals surface area contributed by atoms with Crippen LogP contribution in [-0.4, -0.2) is 47.0 Å². The van der Waals surface area contributed by atoms with E-state index in [2.05, 4.69) is 15.2 Å². The van der Waals surface area contributed by atoms with Crippen LogP contribution in [0, 0.1) is 13.8 Å². The van der Waals surface area contributed by atoms with Crippen LogP contribution < -0.4 is 5.32 Å². The number of carbonyl (C=O) groups is 1. The van der Waals surface area contributed by atoms with Crippen LogP contribution in [0.3, 0.4) is 0 Å². The highest BCUT2D eigenvalue weighted by Crippen LogP contribution is 2.24. The molecule has 1 aromatic heterocycles. The van der Waals surface area contributed by atoms with E-state index >= 15 is 0 Å². The molecular weight excluding hydrogens is 400 g/mol. The first-order chi connectivity index (χ1) is 14.5. The Balaban J connectivity index is 1.33. The summed E-state index contributed by atoms with van der Waals surface area (Å²) >= 11 is 6.23. The van der Waals surface area contributed by atoms with Crippen molar-refractivity contribution in [3.8, 4) is 11.5 Å². The van der Waals surface area contributed by atoms with Crippen LogP contribution >= 0.6 is 11.6 Å². The molecule has 7 heteroatoms. The number of aryl methyl sites for hydroxylation is 2. The van der Waals surface area contributed by atoms with Gasteiger partial charge in [0.2, 0.25) is 5.89 Å². The van der Waals surface area contributed by atoms with Crippen LogP contribution in [0.1, 0.15) is 17.0 Å². The Morgan fingerprint density at radius 1 is 1.10 bits per heavy atom. The number of amides is 2. The maximum absolute atomic E-state index is 12.6. The average molecular weight is 425 g/mol. The molecule has 1 aliphatic heterocycles. The largest absolute Gasteiger partial charge is 0.441 e. The Morgan fingerprint density at radius 3 is 2.53 bits per heavy atom. The van der Waals surface area contributed by atoms with Gasteiger partial charge in [0.25, 0.3) is 0 Å². The number of urea groups is 1. The number of oxazole rings is 1. The number of nitrogens with zero attached hydrogens (tertiary/aromatic N) is 3. The maximum atomic E-state index is 12.6. The summed E-state index contributed by atoms with van der Waals surface area (Å²) in [7, 11) is 0. The van der Waals surface area contributed by atoms with Crippen LogP contribution in [-0.2, 0) is 6.54 Å². The first-order valence-electron chi connectivity index (χ1n) is 10.1. The van der Waals surface area contributed by atoms with Crippen molar-refractivity contribution < 1.29 is 9.21 Å². The molecule has 1 saturated heterocycles. The van der Waals surface area contributed by atoms with Crippen molar-refractivity contribution in [3.63, 3.8) is 0 Å². The van der Waals surface area contributed by atoms with Gasteiger partial charge in [-0.15, -0.1) is 0 Å². The first-order valence-corrected chi connectivity index (χ1v) is 10.4. The summed E-state index contributed by atoms with van der Waals surface area (Å²) in [5.41, 5.74) is 3.62. The number of piperazine rings is 1. The van der Waals surface area contributed by atoms with Gasteiger partial charge in [0.05, 0.1) is 16.4 Å². The standard InChI is InChI=1S/C23H25ClN4O2/c1-16-8-9-20(19(24)14-16)26-23(29)28-12-10-27(11-13-28)15-21-17(2)30-22(25-21)18-6-4-3-5-7-18/h3-9,14H,10-13,15H2,1-2H3,(H,26,29). The normalized spacial score (nSPS) is 14.7. The second-order valence-electron chi connectivity index (χ2n) is 7.56. The maximum Gasteiger partial charge on any atom is 0.321 e. The molecule has 2 aromatic carbocycles. The molecule has 2 amide bonds. The van der Waals surface area contributed by atoms with Crippen molar-refractivity contribution in [2.24, 2.45) is 0 Å². The van der Waals surface area contributed by atoms with E-state index in [1.165, 1.54) is 0 Å². The van der Waals surface area contributed by atoms with Crippen LogP contribution in [0.15, 0.2) is 52.9 Å². The minimum absolute atomic E-state index is 0.121. The van der Waals surface area contributed by atoms with Crippen LogP contribution in [0.25, 0.3) is 11.5 Å². The summed E-state index contributed by atoms with van der Waals surface area (Å²) in [6, 6.07) is 15.4. The summed E-state index contributed by atoms with van der Waals surface area (Å²) in [6.07, 6.45) is 0. The summed E-state index contributed by atoms with van der Waals surface area (Å²) in [5, 5.41) is 3.46. The third-order valence-electron chi connectivity index (χ3n) is 5.31. The summed E-state index contributed by atoms with van der Waals surface area (Å²) < 4.78 is 5.86. The van der Waals surface area contributed by atoms with Gasteiger partial charge in [-0.1, -0.05) is 35.9 Å². The summed E-state index contributed by atoms with van der Waals surface area (Å²) in [6.45, 7) is 7.49. The molecule has 3 aromatic rings. The van der Waals surface area contributed by atoms with Crippen molar-refractivity contribution >= 4 is 23.3 Å². The van der Waals surface area contributed by atoms with Crippen molar-refractivity contribution in [2.75, 3.05) is 31.5 Å². The minimum Gasteiger partial charge on any atom is -0.441 e. The zero-order chi connectivity index (χ0) is 21.1. The molecule has 2 heterocycles.